The minimum Gasteiger partial charge on any atom is -0.468 e. The van der Waals surface area contributed by atoms with Gasteiger partial charge < -0.3 is 9.64 Å². The Bertz CT molecular complexity index is 424. The van der Waals surface area contributed by atoms with Gasteiger partial charge in [-0.05, 0) is 12.1 Å². The number of hydrogen-bond acceptors (Lipinski definition) is 5. The Morgan fingerprint density at radius 2 is 2.47 bits per heavy atom. The Kier molecular flexibility index (Phi) is 3.63. The number of pyridine rings is 1. The molecule has 1 saturated heterocycles. The van der Waals surface area contributed by atoms with Gasteiger partial charge in [-0.25, -0.2) is 4.98 Å². The van der Waals surface area contributed by atoms with Gasteiger partial charge >= 0.3 is 5.97 Å². The normalized spacial score (nSPS) is 18.8. The zero-order valence-electron chi connectivity index (χ0n) is 9.33. The molecule has 90 valence electrons. The quantitative estimate of drug-likeness (QED) is 0.588. The van der Waals surface area contributed by atoms with Gasteiger partial charge in [0.25, 0.3) is 0 Å². The molecule has 0 radical (unpaired) electrons. The molecule has 0 saturated carbocycles. The van der Waals surface area contributed by atoms with E-state index >= 15 is 0 Å². The Balaban J connectivity index is 1.94. The average molecular weight is 252 g/mol. The van der Waals surface area contributed by atoms with E-state index in [-0.39, 0.29) is 17.8 Å². The van der Waals surface area contributed by atoms with E-state index in [1.165, 1.54) is 23.8 Å². The maximum atomic E-state index is 11.4. The van der Waals surface area contributed by atoms with Gasteiger partial charge in [0.1, 0.15) is 6.54 Å². The van der Waals surface area contributed by atoms with Crippen molar-refractivity contribution in [3.05, 3.63) is 24.4 Å². The van der Waals surface area contributed by atoms with Gasteiger partial charge in [0.2, 0.25) is 5.91 Å². The molecule has 1 aromatic heterocycles. The van der Waals surface area contributed by atoms with Crippen LogP contribution < -0.4 is 0 Å². The van der Waals surface area contributed by atoms with Crippen LogP contribution in [0.5, 0.6) is 0 Å². The van der Waals surface area contributed by atoms with Crippen molar-refractivity contribution >= 4 is 23.6 Å². The van der Waals surface area contributed by atoms with Crippen LogP contribution in [0, 0.1) is 0 Å². The first-order valence-corrected chi connectivity index (χ1v) is 6.02. The first kappa shape index (κ1) is 11.9. The smallest absolute Gasteiger partial charge is 0.325 e. The van der Waals surface area contributed by atoms with Crippen LogP contribution in [0.1, 0.15) is 6.42 Å². The van der Waals surface area contributed by atoms with Crippen LogP contribution in [-0.2, 0) is 14.3 Å². The molecule has 1 aromatic rings. The van der Waals surface area contributed by atoms with Crippen LogP contribution in [0.3, 0.4) is 0 Å². The molecule has 6 heteroatoms. The summed E-state index contributed by atoms with van der Waals surface area (Å²) < 4.78 is 4.55. The van der Waals surface area contributed by atoms with Gasteiger partial charge in [-0.15, -0.1) is 0 Å². The molecule has 0 N–H and O–H groups in total. The molecule has 2 rings (SSSR count). The Morgan fingerprint density at radius 3 is 3.06 bits per heavy atom. The zero-order valence-corrected chi connectivity index (χ0v) is 10.1. The van der Waals surface area contributed by atoms with Crippen molar-refractivity contribution in [2.24, 2.45) is 0 Å². The van der Waals surface area contributed by atoms with Crippen molar-refractivity contribution < 1.29 is 14.3 Å². The number of ether oxygens (including phenoxy) is 1. The number of hydrogen-bond donors (Lipinski definition) is 0. The first-order chi connectivity index (χ1) is 8.20. The second-order valence-corrected chi connectivity index (χ2v) is 4.74. The van der Waals surface area contributed by atoms with Gasteiger partial charge in [-0.3, -0.25) is 9.59 Å². The highest BCUT2D eigenvalue weighted by Gasteiger charge is 2.38. The summed E-state index contributed by atoms with van der Waals surface area (Å²) in [6.45, 7) is 0.0137. The van der Waals surface area contributed by atoms with E-state index in [0.29, 0.717) is 6.42 Å². The molecule has 1 fully saturated rings. The fraction of sp³-hybridized carbons (Fsp3) is 0.364. The molecule has 0 spiro atoms. The molecule has 0 aromatic carbocycles. The highest BCUT2D eigenvalue weighted by atomic mass is 32.2. The second-order valence-electron chi connectivity index (χ2n) is 3.54. The largest absolute Gasteiger partial charge is 0.468 e. The maximum Gasteiger partial charge on any atom is 0.325 e. The molecule has 1 atom stereocenters. The lowest BCUT2D eigenvalue weighted by molar-refractivity contribution is -0.153. The zero-order chi connectivity index (χ0) is 12.3. The summed E-state index contributed by atoms with van der Waals surface area (Å²) >= 11 is 1.48. The lowest BCUT2D eigenvalue weighted by Crippen LogP contribution is -2.52. The minimum atomic E-state index is -0.398. The lowest BCUT2D eigenvalue weighted by Gasteiger charge is -2.38. The lowest BCUT2D eigenvalue weighted by atomic mass is 10.2. The molecule has 1 aliphatic rings. The summed E-state index contributed by atoms with van der Waals surface area (Å²) in [7, 11) is 1.31. The maximum absolute atomic E-state index is 11.4. The monoisotopic (exact) mass is 252 g/mol. The average Bonchev–Trinajstić information content (AvgIpc) is 2.36. The van der Waals surface area contributed by atoms with Crippen LogP contribution in [-0.4, -0.2) is 40.8 Å². The van der Waals surface area contributed by atoms with E-state index in [0.717, 1.165) is 5.03 Å². The van der Waals surface area contributed by atoms with Crippen LogP contribution in [0.25, 0.3) is 0 Å². The SMILES string of the molecule is COC(=O)CN1C(=O)CC1Sc1ccccn1. The molecule has 0 aliphatic carbocycles. The number of thioether (sulfide) groups is 1. The first-order valence-electron chi connectivity index (χ1n) is 5.14. The number of likely N-dealkylation sites (tertiary alicyclic amines) is 1. The van der Waals surface area contributed by atoms with E-state index in [1.807, 2.05) is 18.2 Å². The summed E-state index contributed by atoms with van der Waals surface area (Å²) in [6.07, 6.45) is 2.14. The summed E-state index contributed by atoms with van der Waals surface area (Å²) in [4.78, 5) is 28.2. The van der Waals surface area contributed by atoms with Crippen molar-refractivity contribution in [3.8, 4) is 0 Å². The topological polar surface area (TPSA) is 59.5 Å². The van der Waals surface area contributed by atoms with Crippen LogP contribution in [0.15, 0.2) is 29.4 Å². The molecule has 1 amide bonds. The Morgan fingerprint density at radius 1 is 1.65 bits per heavy atom. The van der Waals surface area contributed by atoms with Crippen LogP contribution >= 0.6 is 11.8 Å². The third-order valence-corrected chi connectivity index (χ3v) is 3.62. The molecular weight excluding hydrogens is 240 g/mol. The molecule has 1 aliphatic heterocycles. The second kappa shape index (κ2) is 5.18. The van der Waals surface area contributed by atoms with Gasteiger partial charge in [0.05, 0.1) is 23.9 Å². The van der Waals surface area contributed by atoms with E-state index < -0.39 is 5.97 Å². The predicted octanol–water partition coefficient (Wildman–Crippen LogP) is 0.905. The Hall–Kier alpha value is -1.56. The summed E-state index contributed by atoms with van der Waals surface area (Å²) in [5.74, 6) is -0.423. The number of methoxy groups -OCH3 is 1. The third kappa shape index (κ3) is 2.76. The number of aromatic nitrogens is 1. The number of β-lactam (4-membered cyclic amide) rings is 1. The van der Waals surface area contributed by atoms with Crippen LogP contribution in [0.2, 0.25) is 0 Å². The summed E-state index contributed by atoms with van der Waals surface area (Å²) in [5.41, 5.74) is 0. The summed E-state index contributed by atoms with van der Waals surface area (Å²) in [5, 5.41) is 0.830. The fourth-order valence-electron chi connectivity index (χ4n) is 1.48. The van der Waals surface area contributed by atoms with Crippen molar-refractivity contribution in [1.82, 2.24) is 9.88 Å². The number of esters is 1. The summed E-state index contributed by atoms with van der Waals surface area (Å²) in [6, 6.07) is 5.60. The molecular formula is C11H12N2O3S. The highest BCUT2D eigenvalue weighted by molar-refractivity contribution is 7.99. The number of carbonyl (C=O) groups is 2. The van der Waals surface area contributed by atoms with Gasteiger partial charge in [0.15, 0.2) is 0 Å². The molecule has 5 nitrogen and oxygen atoms in total. The standard InChI is InChI=1S/C11H12N2O3S/c1-16-11(15)7-13-9(14)6-10(13)17-8-4-2-3-5-12-8/h2-5,10H,6-7H2,1H3. The predicted molar refractivity (Wildman–Crippen MR) is 62.2 cm³/mol. The number of amides is 1. The number of rotatable bonds is 4. The minimum absolute atomic E-state index is 0.0137. The van der Waals surface area contributed by atoms with Crippen LogP contribution in [0.4, 0.5) is 0 Å². The number of nitrogens with zero attached hydrogens (tertiary/aromatic N) is 2. The van der Waals surface area contributed by atoms with E-state index in [4.69, 9.17) is 0 Å². The molecule has 0 bridgehead atoms. The van der Waals surface area contributed by atoms with Crippen molar-refractivity contribution in [1.29, 1.82) is 0 Å². The van der Waals surface area contributed by atoms with E-state index in [1.54, 1.807) is 6.20 Å². The van der Waals surface area contributed by atoms with Gasteiger partial charge in [-0.2, -0.15) is 0 Å². The van der Waals surface area contributed by atoms with E-state index in [9.17, 15) is 9.59 Å². The molecule has 1 unspecified atom stereocenters. The fourth-order valence-corrected chi connectivity index (χ4v) is 2.58. The van der Waals surface area contributed by atoms with E-state index in [2.05, 4.69) is 9.72 Å². The third-order valence-electron chi connectivity index (χ3n) is 2.44. The van der Waals surface area contributed by atoms with Crippen molar-refractivity contribution in [2.75, 3.05) is 13.7 Å². The van der Waals surface area contributed by atoms with Gasteiger partial charge in [0, 0.05) is 6.20 Å². The van der Waals surface area contributed by atoms with Crippen molar-refractivity contribution in [3.63, 3.8) is 0 Å². The van der Waals surface area contributed by atoms with Crippen molar-refractivity contribution in [2.45, 2.75) is 16.8 Å². The highest BCUT2D eigenvalue weighted by Crippen LogP contribution is 2.33. The Labute approximate surface area is 103 Å². The molecule has 2 heterocycles. The van der Waals surface area contributed by atoms with Gasteiger partial charge in [-0.1, -0.05) is 17.8 Å². The number of carbonyl (C=O) groups excluding carboxylic acids is 2. The molecule has 17 heavy (non-hydrogen) atoms.